The van der Waals surface area contributed by atoms with Gasteiger partial charge in [0.2, 0.25) is 0 Å². The molecule has 0 radical (unpaired) electrons. The molecule has 1 aliphatic carbocycles. The molecule has 0 aliphatic heterocycles. The van der Waals surface area contributed by atoms with Gasteiger partial charge in [0.1, 0.15) is 6.54 Å². The van der Waals surface area contributed by atoms with Gasteiger partial charge in [0.05, 0.1) is 4.88 Å². The third kappa shape index (κ3) is 2.36. The maximum atomic E-state index is 11.9. The van der Waals surface area contributed by atoms with Crippen LogP contribution in [0.25, 0.3) is 0 Å². The Labute approximate surface area is 91.1 Å². The van der Waals surface area contributed by atoms with Crippen LogP contribution in [-0.4, -0.2) is 34.5 Å². The molecule has 1 aromatic rings. The quantitative estimate of drug-likeness (QED) is 0.843. The Morgan fingerprint density at radius 3 is 2.73 bits per heavy atom. The first-order chi connectivity index (χ1) is 7.18. The van der Waals surface area contributed by atoms with Crippen molar-refractivity contribution < 1.29 is 14.7 Å². The minimum atomic E-state index is -0.952. The van der Waals surface area contributed by atoms with Crippen LogP contribution >= 0.6 is 11.3 Å². The highest BCUT2D eigenvalue weighted by molar-refractivity contribution is 7.12. The van der Waals surface area contributed by atoms with Crippen LogP contribution in [0.15, 0.2) is 17.5 Å². The highest BCUT2D eigenvalue weighted by Gasteiger charge is 2.34. The van der Waals surface area contributed by atoms with E-state index in [1.54, 1.807) is 12.1 Å². The van der Waals surface area contributed by atoms with Crippen LogP contribution in [0, 0.1) is 0 Å². The third-order valence-electron chi connectivity index (χ3n) is 2.29. The summed E-state index contributed by atoms with van der Waals surface area (Å²) in [6.45, 7) is -0.193. The molecule has 15 heavy (non-hydrogen) atoms. The second-order valence-corrected chi connectivity index (χ2v) is 4.48. The van der Waals surface area contributed by atoms with Crippen LogP contribution < -0.4 is 0 Å². The van der Waals surface area contributed by atoms with E-state index in [1.165, 1.54) is 16.2 Å². The zero-order valence-electron chi connectivity index (χ0n) is 8.05. The second kappa shape index (κ2) is 4.02. The summed E-state index contributed by atoms with van der Waals surface area (Å²) in [6, 6.07) is 3.66. The Balaban J connectivity index is 2.10. The average Bonchev–Trinajstić information content (AvgIpc) is 2.88. The number of thiophene rings is 1. The van der Waals surface area contributed by atoms with Crippen LogP contribution in [0.2, 0.25) is 0 Å². The lowest BCUT2D eigenvalue weighted by Crippen LogP contribution is -2.37. The molecule has 80 valence electrons. The van der Waals surface area contributed by atoms with Crippen molar-refractivity contribution in [3.63, 3.8) is 0 Å². The van der Waals surface area contributed by atoms with E-state index < -0.39 is 5.97 Å². The SMILES string of the molecule is O=C(O)CN(C(=O)c1cccs1)C1CC1. The zero-order chi connectivity index (χ0) is 10.8. The van der Waals surface area contributed by atoms with Gasteiger partial charge in [-0.05, 0) is 24.3 Å². The lowest BCUT2D eigenvalue weighted by atomic mass is 10.3. The number of carboxylic acid groups (broad SMARTS) is 1. The fourth-order valence-electron chi connectivity index (χ4n) is 1.44. The van der Waals surface area contributed by atoms with Gasteiger partial charge in [-0.15, -0.1) is 11.3 Å². The van der Waals surface area contributed by atoms with Crippen LogP contribution in [0.3, 0.4) is 0 Å². The fourth-order valence-corrected chi connectivity index (χ4v) is 2.12. The van der Waals surface area contributed by atoms with Gasteiger partial charge in [-0.25, -0.2) is 0 Å². The number of hydrogen-bond acceptors (Lipinski definition) is 3. The number of aliphatic carboxylic acids is 1. The van der Waals surface area contributed by atoms with Crippen molar-refractivity contribution >= 4 is 23.2 Å². The van der Waals surface area contributed by atoms with Gasteiger partial charge in [0, 0.05) is 6.04 Å². The van der Waals surface area contributed by atoms with Crippen molar-refractivity contribution in [2.75, 3.05) is 6.54 Å². The second-order valence-electron chi connectivity index (χ2n) is 3.54. The minimum absolute atomic E-state index is 0.135. The Hall–Kier alpha value is -1.36. The molecule has 0 aromatic carbocycles. The predicted molar refractivity (Wildman–Crippen MR) is 56.0 cm³/mol. The largest absolute Gasteiger partial charge is 0.480 e. The van der Waals surface area contributed by atoms with E-state index in [1.807, 2.05) is 5.38 Å². The Bertz CT molecular complexity index is 370. The average molecular weight is 225 g/mol. The van der Waals surface area contributed by atoms with Crippen LogP contribution in [0.4, 0.5) is 0 Å². The maximum absolute atomic E-state index is 11.9. The Morgan fingerprint density at radius 2 is 2.27 bits per heavy atom. The number of rotatable bonds is 4. The van der Waals surface area contributed by atoms with Gasteiger partial charge >= 0.3 is 5.97 Å². The smallest absolute Gasteiger partial charge is 0.323 e. The van der Waals surface area contributed by atoms with Crippen LogP contribution in [0.5, 0.6) is 0 Å². The number of carboxylic acids is 1. The van der Waals surface area contributed by atoms with E-state index in [-0.39, 0.29) is 18.5 Å². The summed E-state index contributed by atoms with van der Waals surface area (Å²) in [6.07, 6.45) is 1.84. The van der Waals surface area contributed by atoms with E-state index in [0.717, 1.165) is 12.8 Å². The van der Waals surface area contributed by atoms with E-state index in [9.17, 15) is 9.59 Å². The molecule has 0 spiro atoms. The first-order valence-electron chi connectivity index (χ1n) is 4.75. The summed E-state index contributed by atoms with van der Waals surface area (Å²) >= 11 is 1.35. The fraction of sp³-hybridized carbons (Fsp3) is 0.400. The molecule has 1 saturated carbocycles. The van der Waals surface area contributed by atoms with Crippen molar-refractivity contribution in [2.45, 2.75) is 18.9 Å². The Morgan fingerprint density at radius 1 is 1.53 bits per heavy atom. The normalized spacial score (nSPS) is 14.9. The van der Waals surface area contributed by atoms with Crippen LogP contribution in [0.1, 0.15) is 22.5 Å². The molecule has 1 fully saturated rings. The maximum Gasteiger partial charge on any atom is 0.323 e. The lowest BCUT2D eigenvalue weighted by Gasteiger charge is -2.18. The van der Waals surface area contributed by atoms with E-state index in [0.29, 0.717) is 4.88 Å². The molecule has 0 unspecified atom stereocenters. The highest BCUT2D eigenvalue weighted by atomic mass is 32.1. The van der Waals surface area contributed by atoms with Crippen molar-refractivity contribution in [1.82, 2.24) is 4.90 Å². The van der Waals surface area contributed by atoms with E-state index >= 15 is 0 Å². The molecular weight excluding hydrogens is 214 g/mol. The highest BCUT2D eigenvalue weighted by Crippen LogP contribution is 2.28. The minimum Gasteiger partial charge on any atom is -0.480 e. The molecule has 2 rings (SSSR count). The molecule has 5 heteroatoms. The van der Waals surface area contributed by atoms with Crippen molar-refractivity contribution in [3.05, 3.63) is 22.4 Å². The van der Waals surface area contributed by atoms with Gasteiger partial charge in [-0.2, -0.15) is 0 Å². The van der Waals surface area contributed by atoms with Gasteiger partial charge in [0.25, 0.3) is 5.91 Å². The number of carbonyl (C=O) groups excluding carboxylic acids is 1. The summed E-state index contributed by atoms with van der Waals surface area (Å²) in [5, 5.41) is 10.5. The van der Waals surface area contributed by atoms with E-state index in [2.05, 4.69) is 0 Å². The molecule has 0 saturated heterocycles. The summed E-state index contributed by atoms with van der Waals surface area (Å²) < 4.78 is 0. The number of carbonyl (C=O) groups is 2. The molecule has 0 atom stereocenters. The number of hydrogen-bond donors (Lipinski definition) is 1. The molecule has 1 amide bonds. The van der Waals surface area contributed by atoms with Crippen LogP contribution in [-0.2, 0) is 4.79 Å². The molecule has 4 nitrogen and oxygen atoms in total. The first kappa shape index (κ1) is 10.2. The zero-order valence-corrected chi connectivity index (χ0v) is 8.87. The molecule has 0 bridgehead atoms. The molecule has 1 aliphatic rings. The van der Waals surface area contributed by atoms with E-state index in [4.69, 9.17) is 5.11 Å². The van der Waals surface area contributed by atoms with Crippen molar-refractivity contribution in [1.29, 1.82) is 0 Å². The van der Waals surface area contributed by atoms with Crippen molar-refractivity contribution in [3.8, 4) is 0 Å². The number of nitrogens with zero attached hydrogens (tertiary/aromatic N) is 1. The van der Waals surface area contributed by atoms with Gasteiger partial charge < -0.3 is 10.0 Å². The molecule has 1 N–H and O–H groups in total. The molecule has 1 heterocycles. The monoisotopic (exact) mass is 225 g/mol. The topological polar surface area (TPSA) is 57.6 Å². The van der Waals surface area contributed by atoms with Gasteiger partial charge in [-0.1, -0.05) is 6.07 Å². The standard InChI is InChI=1S/C10H11NO3S/c12-9(13)6-11(7-3-4-7)10(14)8-2-1-5-15-8/h1-2,5,7H,3-4,6H2,(H,12,13). The van der Waals surface area contributed by atoms with Gasteiger partial charge in [-0.3, -0.25) is 9.59 Å². The summed E-state index contributed by atoms with van der Waals surface area (Å²) in [7, 11) is 0. The summed E-state index contributed by atoms with van der Waals surface area (Å²) in [5.41, 5.74) is 0. The lowest BCUT2D eigenvalue weighted by molar-refractivity contribution is -0.137. The molecular formula is C10H11NO3S. The Kier molecular flexibility index (Phi) is 2.73. The molecule has 1 aromatic heterocycles. The predicted octanol–water partition coefficient (Wildman–Crippen LogP) is 1.44. The number of amides is 1. The third-order valence-corrected chi connectivity index (χ3v) is 3.14. The summed E-state index contributed by atoms with van der Waals surface area (Å²) in [4.78, 5) is 24.6. The van der Waals surface area contributed by atoms with Crippen molar-refractivity contribution in [2.24, 2.45) is 0 Å². The summed E-state index contributed by atoms with van der Waals surface area (Å²) in [5.74, 6) is -1.11. The van der Waals surface area contributed by atoms with Gasteiger partial charge in [0.15, 0.2) is 0 Å². The first-order valence-corrected chi connectivity index (χ1v) is 5.62.